The number of nitrogens with zero attached hydrogens (tertiary/aromatic N) is 1. The fourth-order valence-corrected chi connectivity index (χ4v) is 3.83. The Kier molecular flexibility index (Phi) is 6.78. The smallest absolute Gasteiger partial charge is 0.338 e. The lowest BCUT2D eigenvalue weighted by atomic mass is 10.1. The van der Waals surface area contributed by atoms with Crippen LogP contribution in [0.1, 0.15) is 27.6 Å². The molecule has 0 saturated carbocycles. The van der Waals surface area contributed by atoms with Crippen LogP contribution in [0.3, 0.4) is 0 Å². The van der Waals surface area contributed by atoms with Crippen molar-refractivity contribution >= 4 is 21.7 Å². The zero-order chi connectivity index (χ0) is 22.4. The molecule has 3 rings (SSSR count). The van der Waals surface area contributed by atoms with Gasteiger partial charge in [0.1, 0.15) is 6.10 Å². The van der Waals surface area contributed by atoms with Crippen molar-refractivity contribution < 1.29 is 22.9 Å². The highest BCUT2D eigenvalue weighted by Crippen LogP contribution is 2.21. The average Bonchev–Trinajstić information content (AvgIpc) is 2.77. The summed E-state index contributed by atoms with van der Waals surface area (Å²) in [7, 11) is -3.81. The summed E-state index contributed by atoms with van der Waals surface area (Å²) < 4.78 is 33.3. The lowest BCUT2D eigenvalue weighted by Crippen LogP contribution is -2.30. The number of benzene rings is 3. The third kappa shape index (κ3) is 5.74. The zero-order valence-electron chi connectivity index (χ0n) is 16.6. The Balaban J connectivity index is 1.78. The number of carbonyl (C=O) groups is 1. The molecule has 0 saturated heterocycles. The number of sulfonamides is 1. The van der Waals surface area contributed by atoms with Gasteiger partial charge in [0.25, 0.3) is 5.69 Å². The lowest BCUT2D eigenvalue weighted by molar-refractivity contribution is -0.384. The number of hydrogen-bond donors (Lipinski definition) is 1. The van der Waals surface area contributed by atoms with Gasteiger partial charge in [-0.25, -0.2) is 17.9 Å². The van der Waals surface area contributed by atoms with Gasteiger partial charge in [-0.1, -0.05) is 48.0 Å². The molecular weight excluding hydrogens is 420 g/mol. The third-order valence-electron chi connectivity index (χ3n) is 4.52. The zero-order valence-corrected chi connectivity index (χ0v) is 17.4. The van der Waals surface area contributed by atoms with Crippen molar-refractivity contribution in [3.05, 3.63) is 106 Å². The highest BCUT2D eigenvalue weighted by atomic mass is 32.2. The summed E-state index contributed by atoms with van der Waals surface area (Å²) in [6.07, 6.45) is -0.899. The number of esters is 1. The average molecular weight is 440 g/mol. The van der Waals surface area contributed by atoms with Crippen LogP contribution in [0.5, 0.6) is 0 Å². The Morgan fingerprint density at radius 1 is 1.00 bits per heavy atom. The van der Waals surface area contributed by atoms with E-state index in [9.17, 15) is 23.3 Å². The van der Waals surface area contributed by atoms with Crippen molar-refractivity contribution in [3.63, 3.8) is 0 Å². The Hall–Kier alpha value is -3.56. The Morgan fingerprint density at radius 2 is 1.61 bits per heavy atom. The molecule has 1 atom stereocenters. The number of ether oxygens (including phenoxy) is 1. The van der Waals surface area contributed by atoms with Crippen LogP contribution in [0, 0.1) is 17.0 Å². The first-order chi connectivity index (χ1) is 14.8. The molecule has 3 aromatic carbocycles. The van der Waals surface area contributed by atoms with Crippen LogP contribution in [0.25, 0.3) is 0 Å². The van der Waals surface area contributed by atoms with E-state index in [1.807, 2.05) is 6.92 Å². The second kappa shape index (κ2) is 9.50. The molecule has 1 unspecified atom stereocenters. The molecular formula is C22H20N2O6S. The number of carbonyl (C=O) groups excluding carboxylic acids is 1. The normalized spacial score (nSPS) is 12.2. The maximum atomic E-state index is 12.6. The summed E-state index contributed by atoms with van der Waals surface area (Å²) in [6, 6.07) is 20.1. The quantitative estimate of drug-likeness (QED) is 0.324. The van der Waals surface area contributed by atoms with Crippen LogP contribution >= 0.6 is 0 Å². The summed E-state index contributed by atoms with van der Waals surface area (Å²) in [5.74, 6) is -0.724. The predicted molar refractivity (Wildman–Crippen MR) is 114 cm³/mol. The lowest BCUT2D eigenvalue weighted by Gasteiger charge is -2.19. The van der Waals surface area contributed by atoms with Gasteiger partial charge in [-0.2, -0.15) is 0 Å². The van der Waals surface area contributed by atoms with E-state index in [2.05, 4.69) is 4.72 Å². The van der Waals surface area contributed by atoms with Crippen molar-refractivity contribution in [2.45, 2.75) is 17.9 Å². The molecule has 3 aromatic rings. The van der Waals surface area contributed by atoms with Crippen LogP contribution in [-0.2, 0) is 14.8 Å². The molecule has 1 N–H and O–H groups in total. The monoisotopic (exact) mass is 440 g/mol. The van der Waals surface area contributed by atoms with Crippen molar-refractivity contribution in [2.75, 3.05) is 6.54 Å². The number of nitro benzene ring substituents is 1. The molecule has 0 aliphatic carbocycles. The number of rotatable bonds is 8. The Bertz CT molecular complexity index is 1160. The number of nitro groups is 1. The van der Waals surface area contributed by atoms with E-state index in [0.29, 0.717) is 5.56 Å². The van der Waals surface area contributed by atoms with Gasteiger partial charge in [0.05, 0.1) is 21.9 Å². The summed E-state index contributed by atoms with van der Waals surface area (Å²) in [5.41, 5.74) is 1.50. The van der Waals surface area contributed by atoms with Crippen molar-refractivity contribution in [2.24, 2.45) is 0 Å². The summed E-state index contributed by atoms with van der Waals surface area (Å²) >= 11 is 0. The van der Waals surface area contributed by atoms with E-state index in [1.54, 1.807) is 42.5 Å². The fraction of sp³-hybridized carbons (Fsp3) is 0.136. The molecule has 9 heteroatoms. The van der Waals surface area contributed by atoms with Gasteiger partial charge in [-0.05, 0) is 36.8 Å². The van der Waals surface area contributed by atoms with E-state index in [0.717, 1.165) is 5.56 Å². The second-order valence-electron chi connectivity index (χ2n) is 6.77. The molecule has 0 spiro atoms. The summed E-state index contributed by atoms with van der Waals surface area (Å²) in [5, 5.41) is 10.8. The molecule has 0 bridgehead atoms. The van der Waals surface area contributed by atoms with Crippen LogP contribution in [0.15, 0.2) is 83.8 Å². The van der Waals surface area contributed by atoms with Gasteiger partial charge in [-0.3, -0.25) is 10.1 Å². The second-order valence-corrected chi connectivity index (χ2v) is 8.54. The molecule has 0 heterocycles. The van der Waals surface area contributed by atoms with Gasteiger partial charge in [0.2, 0.25) is 10.0 Å². The topological polar surface area (TPSA) is 116 Å². The first-order valence-electron chi connectivity index (χ1n) is 9.33. The molecule has 0 aromatic heterocycles. The molecule has 0 radical (unpaired) electrons. The number of non-ortho nitro benzene ring substituents is 1. The maximum Gasteiger partial charge on any atom is 0.338 e. The van der Waals surface area contributed by atoms with Crippen LogP contribution in [0.4, 0.5) is 5.69 Å². The molecule has 8 nitrogen and oxygen atoms in total. The molecule has 31 heavy (non-hydrogen) atoms. The van der Waals surface area contributed by atoms with E-state index >= 15 is 0 Å². The number of aryl methyl sites for hydroxylation is 1. The van der Waals surface area contributed by atoms with Crippen molar-refractivity contribution in [1.29, 1.82) is 0 Å². The van der Waals surface area contributed by atoms with Gasteiger partial charge >= 0.3 is 5.97 Å². The maximum absolute atomic E-state index is 12.6. The minimum atomic E-state index is -3.81. The third-order valence-corrected chi connectivity index (χ3v) is 5.96. The van der Waals surface area contributed by atoms with E-state index in [-0.39, 0.29) is 22.7 Å². The highest BCUT2D eigenvalue weighted by molar-refractivity contribution is 7.89. The van der Waals surface area contributed by atoms with Gasteiger partial charge in [0.15, 0.2) is 0 Å². The van der Waals surface area contributed by atoms with E-state index < -0.39 is 27.0 Å². The largest absolute Gasteiger partial charge is 0.452 e. The van der Waals surface area contributed by atoms with Crippen LogP contribution in [0.2, 0.25) is 0 Å². The van der Waals surface area contributed by atoms with E-state index in [4.69, 9.17) is 4.74 Å². The summed E-state index contributed by atoms with van der Waals surface area (Å²) in [6.45, 7) is 1.67. The first kappa shape index (κ1) is 22.1. The van der Waals surface area contributed by atoms with Crippen molar-refractivity contribution in [1.82, 2.24) is 4.72 Å². The summed E-state index contributed by atoms with van der Waals surface area (Å²) in [4.78, 5) is 22.9. The standard InChI is InChI=1S/C22H20N2O6S/c1-16-7-13-20(14-8-16)31(28,29)23-15-21(17-5-3-2-4-6-17)30-22(25)18-9-11-19(12-10-18)24(26)27/h2-14,21,23H,15H2,1H3. The molecule has 0 amide bonds. The number of hydrogen-bond acceptors (Lipinski definition) is 6. The highest BCUT2D eigenvalue weighted by Gasteiger charge is 2.22. The molecule has 0 fully saturated rings. The SMILES string of the molecule is Cc1ccc(S(=O)(=O)NCC(OC(=O)c2ccc([N+](=O)[O-])cc2)c2ccccc2)cc1. The molecule has 0 aliphatic rings. The van der Waals surface area contributed by atoms with Gasteiger partial charge in [0, 0.05) is 12.1 Å². The van der Waals surface area contributed by atoms with Gasteiger partial charge < -0.3 is 4.74 Å². The Morgan fingerprint density at radius 3 is 2.19 bits per heavy atom. The minimum absolute atomic E-state index is 0.103. The first-order valence-corrected chi connectivity index (χ1v) is 10.8. The minimum Gasteiger partial charge on any atom is -0.452 e. The van der Waals surface area contributed by atoms with Crippen LogP contribution in [-0.4, -0.2) is 25.9 Å². The fourth-order valence-electron chi connectivity index (χ4n) is 2.80. The van der Waals surface area contributed by atoms with Gasteiger partial charge in [-0.15, -0.1) is 0 Å². The van der Waals surface area contributed by atoms with Crippen LogP contribution < -0.4 is 4.72 Å². The number of nitrogens with one attached hydrogen (secondary N) is 1. The van der Waals surface area contributed by atoms with E-state index in [1.165, 1.54) is 36.4 Å². The predicted octanol–water partition coefficient (Wildman–Crippen LogP) is 3.78. The van der Waals surface area contributed by atoms with Crippen molar-refractivity contribution in [3.8, 4) is 0 Å². The molecule has 160 valence electrons. The Labute approximate surface area is 179 Å². The molecule has 0 aliphatic heterocycles.